The molecule has 0 saturated carbocycles. The molecule has 1 unspecified atom stereocenters. The molecular formula is C20H22N2O4. The summed E-state index contributed by atoms with van der Waals surface area (Å²) in [4.78, 5) is 23.3. The summed E-state index contributed by atoms with van der Waals surface area (Å²) in [6.45, 7) is 5.14. The number of ether oxygens (including phenoxy) is 1. The van der Waals surface area contributed by atoms with E-state index in [1.807, 2.05) is 36.4 Å². The van der Waals surface area contributed by atoms with Crippen molar-refractivity contribution in [1.82, 2.24) is 5.32 Å². The van der Waals surface area contributed by atoms with Crippen molar-refractivity contribution in [1.29, 1.82) is 5.26 Å². The number of aliphatic carboxylic acids is 1. The quantitative estimate of drug-likeness (QED) is 0.857. The molecule has 0 fully saturated rings. The number of alkyl carbamates (subject to hydrolysis) is 1. The van der Waals surface area contributed by atoms with E-state index in [0.717, 1.165) is 21.9 Å². The van der Waals surface area contributed by atoms with E-state index in [9.17, 15) is 14.7 Å². The zero-order valence-electron chi connectivity index (χ0n) is 15.1. The van der Waals surface area contributed by atoms with Gasteiger partial charge >= 0.3 is 12.1 Å². The van der Waals surface area contributed by atoms with Gasteiger partial charge in [-0.25, -0.2) is 9.59 Å². The molecule has 1 amide bonds. The maximum atomic E-state index is 11.9. The van der Waals surface area contributed by atoms with Gasteiger partial charge in [-0.3, -0.25) is 0 Å². The average molecular weight is 354 g/mol. The van der Waals surface area contributed by atoms with Gasteiger partial charge < -0.3 is 15.2 Å². The summed E-state index contributed by atoms with van der Waals surface area (Å²) in [6, 6.07) is 12.4. The molecule has 0 aliphatic carbocycles. The van der Waals surface area contributed by atoms with Gasteiger partial charge in [0.05, 0.1) is 12.5 Å². The van der Waals surface area contributed by atoms with Crippen LogP contribution in [0.4, 0.5) is 4.79 Å². The number of amides is 1. The number of fused-ring (bicyclic) bond motifs is 1. The molecule has 0 aliphatic rings. The molecule has 0 bridgehead atoms. The Kier molecular flexibility index (Phi) is 5.83. The van der Waals surface area contributed by atoms with E-state index in [-0.39, 0.29) is 6.42 Å². The van der Waals surface area contributed by atoms with Gasteiger partial charge in [0.2, 0.25) is 0 Å². The van der Waals surface area contributed by atoms with Crippen molar-refractivity contribution >= 4 is 22.8 Å². The smallest absolute Gasteiger partial charge is 0.408 e. The summed E-state index contributed by atoms with van der Waals surface area (Å²) < 4.78 is 5.12. The van der Waals surface area contributed by atoms with Crippen LogP contribution < -0.4 is 5.32 Å². The molecule has 2 rings (SSSR count). The highest BCUT2D eigenvalue weighted by Gasteiger charge is 2.24. The summed E-state index contributed by atoms with van der Waals surface area (Å²) in [5.41, 5.74) is 1.02. The fourth-order valence-corrected chi connectivity index (χ4v) is 2.56. The van der Waals surface area contributed by atoms with Crippen molar-refractivity contribution in [2.24, 2.45) is 0 Å². The third-order valence-corrected chi connectivity index (χ3v) is 3.68. The Hall–Kier alpha value is -3.07. The molecule has 0 aliphatic heterocycles. The van der Waals surface area contributed by atoms with Gasteiger partial charge in [-0.2, -0.15) is 5.26 Å². The second-order valence-corrected chi connectivity index (χ2v) is 7.09. The lowest BCUT2D eigenvalue weighted by atomic mass is 9.99. The topological polar surface area (TPSA) is 99.4 Å². The summed E-state index contributed by atoms with van der Waals surface area (Å²) in [6.07, 6.45) is -0.268. The zero-order valence-corrected chi connectivity index (χ0v) is 15.1. The first-order chi connectivity index (χ1) is 12.2. The van der Waals surface area contributed by atoms with Crippen molar-refractivity contribution < 1.29 is 19.4 Å². The number of hydrogen-bond donors (Lipinski definition) is 2. The first-order valence-corrected chi connectivity index (χ1v) is 8.29. The van der Waals surface area contributed by atoms with Gasteiger partial charge in [0, 0.05) is 6.42 Å². The number of carboxylic acids is 1. The van der Waals surface area contributed by atoms with Gasteiger partial charge in [-0.05, 0) is 42.7 Å². The number of rotatable bonds is 5. The molecule has 136 valence electrons. The standard InChI is InChI=1S/C20H22N2O4/c1-20(2,3)26-19(25)22-17(18(23)24)12-14-5-7-15-10-13(8-9-21)4-6-16(15)11-14/h4-7,10-11,17H,8,12H2,1-3H3,(H,22,25)(H,23,24). The highest BCUT2D eigenvalue weighted by atomic mass is 16.6. The van der Waals surface area contributed by atoms with Crippen molar-refractivity contribution in [3.63, 3.8) is 0 Å². The van der Waals surface area contributed by atoms with Crippen LogP contribution in [0.25, 0.3) is 10.8 Å². The minimum absolute atomic E-state index is 0.143. The summed E-state index contributed by atoms with van der Waals surface area (Å²) >= 11 is 0. The van der Waals surface area contributed by atoms with E-state index >= 15 is 0 Å². The van der Waals surface area contributed by atoms with Crippen LogP contribution in [-0.2, 0) is 22.4 Å². The Bertz CT molecular complexity index is 862. The number of carboxylic acid groups (broad SMARTS) is 1. The number of nitrogens with zero attached hydrogens (tertiary/aromatic N) is 1. The number of carbonyl (C=O) groups excluding carboxylic acids is 1. The molecule has 0 saturated heterocycles. The van der Waals surface area contributed by atoms with Crippen molar-refractivity contribution in [3.8, 4) is 6.07 Å². The first kappa shape index (κ1) is 19.3. The second kappa shape index (κ2) is 7.87. The normalized spacial score (nSPS) is 12.2. The average Bonchev–Trinajstić information content (AvgIpc) is 2.52. The maximum absolute atomic E-state index is 11.9. The highest BCUT2D eigenvalue weighted by Crippen LogP contribution is 2.19. The SMILES string of the molecule is CC(C)(C)OC(=O)NC(Cc1ccc2cc(CC#N)ccc2c1)C(=O)O. The summed E-state index contributed by atoms with van der Waals surface area (Å²) in [5, 5.41) is 22.5. The fourth-order valence-electron chi connectivity index (χ4n) is 2.56. The lowest BCUT2D eigenvalue weighted by Gasteiger charge is -2.22. The Morgan fingerprint density at radius 2 is 1.73 bits per heavy atom. The van der Waals surface area contributed by atoms with E-state index in [0.29, 0.717) is 6.42 Å². The van der Waals surface area contributed by atoms with Crippen LogP contribution in [0, 0.1) is 11.3 Å². The minimum Gasteiger partial charge on any atom is -0.480 e. The molecule has 6 nitrogen and oxygen atoms in total. The molecule has 2 aromatic rings. The van der Waals surface area contributed by atoms with Gasteiger partial charge in [-0.1, -0.05) is 36.4 Å². The number of nitriles is 1. The monoisotopic (exact) mass is 354 g/mol. The number of carbonyl (C=O) groups is 2. The largest absolute Gasteiger partial charge is 0.480 e. The molecule has 6 heteroatoms. The van der Waals surface area contributed by atoms with Gasteiger partial charge in [0.15, 0.2) is 0 Å². The first-order valence-electron chi connectivity index (χ1n) is 8.29. The number of hydrogen-bond acceptors (Lipinski definition) is 4. The third-order valence-electron chi connectivity index (χ3n) is 3.68. The predicted molar refractivity (Wildman–Crippen MR) is 97.8 cm³/mol. The van der Waals surface area contributed by atoms with Crippen LogP contribution in [0.5, 0.6) is 0 Å². The van der Waals surface area contributed by atoms with E-state index in [1.54, 1.807) is 20.8 Å². The van der Waals surface area contributed by atoms with Crippen LogP contribution in [0.15, 0.2) is 36.4 Å². The second-order valence-electron chi connectivity index (χ2n) is 7.09. The number of nitrogens with one attached hydrogen (secondary N) is 1. The highest BCUT2D eigenvalue weighted by molar-refractivity contribution is 5.84. The Morgan fingerprint density at radius 3 is 2.27 bits per heavy atom. The maximum Gasteiger partial charge on any atom is 0.408 e. The van der Waals surface area contributed by atoms with Gasteiger partial charge in [0.25, 0.3) is 0 Å². The van der Waals surface area contributed by atoms with E-state index < -0.39 is 23.7 Å². The molecule has 1 atom stereocenters. The molecule has 2 aromatic carbocycles. The lowest BCUT2D eigenvalue weighted by molar-refractivity contribution is -0.139. The lowest BCUT2D eigenvalue weighted by Crippen LogP contribution is -2.44. The molecule has 0 spiro atoms. The Morgan fingerprint density at radius 1 is 1.15 bits per heavy atom. The molecular weight excluding hydrogens is 332 g/mol. The van der Waals surface area contributed by atoms with E-state index in [1.165, 1.54) is 0 Å². The van der Waals surface area contributed by atoms with E-state index in [4.69, 9.17) is 10.00 Å². The number of benzene rings is 2. The van der Waals surface area contributed by atoms with Gasteiger partial charge in [0.1, 0.15) is 11.6 Å². The van der Waals surface area contributed by atoms with Gasteiger partial charge in [-0.15, -0.1) is 0 Å². The third kappa shape index (κ3) is 5.49. The predicted octanol–water partition coefficient (Wildman–Crippen LogP) is 3.43. The van der Waals surface area contributed by atoms with Crippen molar-refractivity contribution in [2.75, 3.05) is 0 Å². The Balaban J connectivity index is 2.15. The zero-order chi connectivity index (χ0) is 19.3. The van der Waals surface area contributed by atoms with Crippen LogP contribution >= 0.6 is 0 Å². The molecule has 0 radical (unpaired) electrons. The van der Waals surface area contributed by atoms with Crippen LogP contribution in [-0.4, -0.2) is 28.8 Å². The molecule has 0 heterocycles. The molecule has 26 heavy (non-hydrogen) atoms. The van der Waals surface area contributed by atoms with Crippen LogP contribution in [0.3, 0.4) is 0 Å². The van der Waals surface area contributed by atoms with Crippen LogP contribution in [0.2, 0.25) is 0 Å². The van der Waals surface area contributed by atoms with Crippen molar-refractivity contribution in [3.05, 3.63) is 47.5 Å². The summed E-state index contributed by atoms with van der Waals surface area (Å²) in [5.74, 6) is -1.12. The van der Waals surface area contributed by atoms with Crippen LogP contribution in [0.1, 0.15) is 31.9 Å². The molecule has 0 aromatic heterocycles. The minimum atomic E-state index is -1.12. The summed E-state index contributed by atoms with van der Waals surface area (Å²) in [7, 11) is 0. The molecule has 2 N–H and O–H groups in total. The van der Waals surface area contributed by atoms with E-state index in [2.05, 4.69) is 11.4 Å². The Labute approximate surface area is 152 Å². The fraction of sp³-hybridized carbons (Fsp3) is 0.350. The van der Waals surface area contributed by atoms with Crippen molar-refractivity contribution in [2.45, 2.75) is 45.3 Å².